The van der Waals surface area contributed by atoms with Crippen LogP contribution in [0.2, 0.25) is 0 Å². The van der Waals surface area contributed by atoms with E-state index >= 15 is 0 Å². The number of thioether (sulfide) groups is 1. The molecule has 2 aromatic rings. The number of aryl methyl sites for hydroxylation is 1. The lowest BCUT2D eigenvalue weighted by Crippen LogP contribution is -2.14. The molecule has 0 unspecified atom stereocenters. The Morgan fingerprint density at radius 1 is 1.14 bits per heavy atom. The highest BCUT2D eigenvalue weighted by Crippen LogP contribution is 2.22. The number of nitrogens with one attached hydrogen (secondary N) is 1. The standard InChI is InChI=1S/C17H19NO2S/c1-13-4-2-3-5-16(13)21-12-17(20)18-15-8-6-14(7-9-15)10-11-19/h2-9,19H,10-12H2,1H3,(H,18,20). The summed E-state index contributed by atoms with van der Waals surface area (Å²) >= 11 is 1.54. The van der Waals surface area contributed by atoms with Crippen molar-refractivity contribution in [3.63, 3.8) is 0 Å². The molecule has 110 valence electrons. The fraction of sp³-hybridized carbons (Fsp3) is 0.235. The number of aliphatic hydroxyl groups excluding tert-OH is 1. The van der Waals surface area contributed by atoms with Gasteiger partial charge in [0.25, 0.3) is 0 Å². The van der Waals surface area contributed by atoms with Crippen LogP contribution >= 0.6 is 11.8 Å². The van der Waals surface area contributed by atoms with E-state index in [-0.39, 0.29) is 12.5 Å². The van der Waals surface area contributed by atoms with Crippen LogP contribution in [-0.2, 0) is 11.2 Å². The summed E-state index contributed by atoms with van der Waals surface area (Å²) in [6.07, 6.45) is 0.636. The Morgan fingerprint density at radius 2 is 1.86 bits per heavy atom. The van der Waals surface area contributed by atoms with Crippen molar-refractivity contribution >= 4 is 23.4 Å². The Labute approximate surface area is 129 Å². The Hall–Kier alpha value is -1.78. The molecule has 3 nitrogen and oxygen atoms in total. The molecule has 0 saturated heterocycles. The lowest BCUT2D eigenvalue weighted by atomic mass is 10.1. The molecule has 0 atom stereocenters. The summed E-state index contributed by atoms with van der Waals surface area (Å²) in [5.41, 5.74) is 3.03. The molecular formula is C17H19NO2S. The van der Waals surface area contributed by atoms with E-state index in [0.29, 0.717) is 12.2 Å². The Morgan fingerprint density at radius 3 is 2.52 bits per heavy atom. The summed E-state index contributed by atoms with van der Waals surface area (Å²) in [6.45, 7) is 2.18. The van der Waals surface area contributed by atoms with Crippen LogP contribution in [0.15, 0.2) is 53.4 Å². The Kier molecular flexibility index (Phi) is 5.84. The first kappa shape index (κ1) is 15.6. The average Bonchev–Trinajstić information content (AvgIpc) is 2.49. The summed E-state index contributed by atoms with van der Waals surface area (Å²) in [6, 6.07) is 15.6. The van der Waals surface area contributed by atoms with Crippen molar-refractivity contribution in [2.24, 2.45) is 0 Å². The van der Waals surface area contributed by atoms with E-state index in [2.05, 4.69) is 5.32 Å². The van der Waals surface area contributed by atoms with Gasteiger partial charge in [-0.15, -0.1) is 11.8 Å². The maximum Gasteiger partial charge on any atom is 0.234 e. The second kappa shape index (κ2) is 7.86. The SMILES string of the molecule is Cc1ccccc1SCC(=O)Nc1ccc(CCO)cc1. The number of benzene rings is 2. The zero-order chi connectivity index (χ0) is 15.1. The van der Waals surface area contributed by atoms with E-state index in [0.717, 1.165) is 16.1 Å². The first-order chi connectivity index (χ1) is 10.2. The predicted octanol–water partition coefficient (Wildman–Crippen LogP) is 3.26. The summed E-state index contributed by atoms with van der Waals surface area (Å²) in [7, 11) is 0. The second-order valence-corrected chi connectivity index (χ2v) is 5.79. The van der Waals surface area contributed by atoms with Crippen LogP contribution in [0.25, 0.3) is 0 Å². The number of anilines is 1. The number of hydrogen-bond acceptors (Lipinski definition) is 3. The van der Waals surface area contributed by atoms with Crippen molar-refractivity contribution in [3.05, 3.63) is 59.7 Å². The monoisotopic (exact) mass is 301 g/mol. The summed E-state index contributed by atoms with van der Waals surface area (Å²) in [4.78, 5) is 13.1. The fourth-order valence-corrected chi connectivity index (χ4v) is 2.77. The van der Waals surface area contributed by atoms with Crippen LogP contribution in [0, 0.1) is 6.92 Å². The smallest absolute Gasteiger partial charge is 0.234 e. The van der Waals surface area contributed by atoms with Crippen LogP contribution in [0.4, 0.5) is 5.69 Å². The van der Waals surface area contributed by atoms with E-state index in [1.54, 1.807) is 11.8 Å². The van der Waals surface area contributed by atoms with E-state index in [1.165, 1.54) is 5.56 Å². The van der Waals surface area contributed by atoms with Gasteiger partial charge in [0.2, 0.25) is 5.91 Å². The van der Waals surface area contributed by atoms with Gasteiger partial charge in [-0.25, -0.2) is 0 Å². The van der Waals surface area contributed by atoms with Gasteiger partial charge in [-0.3, -0.25) is 4.79 Å². The molecule has 2 N–H and O–H groups in total. The van der Waals surface area contributed by atoms with Crippen LogP contribution in [0.1, 0.15) is 11.1 Å². The third-order valence-electron chi connectivity index (χ3n) is 3.09. The van der Waals surface area contributed by atoms with Gasteiger partial charge in [0.15, 0.2) is 0 Å². The van der Waals surface area contributed by atoms with Crippen LogP contribution in [-0.4, -0.2) is 23.4 Å². The fourth-order valence-electron chi connectivity index (χ4n) is 1.94. The van der Waals surface area contributed by atoms with Crippen LogP contribution in [0.5, 0.6) is 0 Å². The minimum absolute atomic E-state index is 0.0156. The van der Waals surface area contributed by atoms with E-state index in [4.69, 9.17) is 5.11 Å². The highest BCUT2D eigenvalue weighted by molar-refractivity contribution is 8.00. The van der Waals surface area contributed by atoms with Crippen molar-refractivity contribution in [1.29, 1.82) is 0 Å². The molecule has 21 heavy (non-hydrogen) atoms. The first-order valence-electron chi connectivity index (χ1n) is 6.87. The molecule has 4 heteroatoms. The summed E-state index contributed by atoms with van der Waals surface area (Å²) in [5.74, 6) is 0.377. The Bertz CT molecular complexity index is 596. The maximum atomic E-state index is 11.9. The Balaban J connectivity index is 1.85. The van der Waals surface area contributed by atoms with Crippen LogP contribution < -0.4 is 5.32 Å². The second-order valence-electron chi connectivity index (χ2n) is 4.77. The van der Waals surface area contributed by atoms with Gasteiger partial charge >= 0.3 is 0 Å². The molecule has 0 fully saturated rings. The lowest BCUT2D eigenvalue weighted by Gasteiger charge is -2.07. The largest absolute Gasteiger partial charge is 0.396 e. The minimum atomic E-state index is -0.0156. The number of carbonyl (C=O) groups excluding carboxylic acids is 1. The third kappa shape index (κ3) is 4.92. The maximum absolute atomic E-state index is 11.9. The van der Waals surface area contributed by atoms with Crippen molar-refractivity contribution < 1.29 is 9.90 Å². The van der Waals surface area contributed by atoms with Crippen molar-refractivity contribution in [1.82, 2.24) is 0 Å². The van der Waals surface area contributed by atoms with Gasteiger partial charge in [0.05, 0.1) is 5.75 Å². The number of carbonyl (C=O) groups is 1. The quantitative estimate of drug-likeness (QED) is 0.805. The van der Waals surface area contributed by atoms with Crippen molar-refractivity contribution in [2.45, 2.75) is 18.2 Å². The minimum Gasteiger partial charge on any atom is -0.396 e. The normalized spacial score (nSPS) is 10.4. The molecule has 0 heterocycles. The molecule has 0 radical (unpaired) electrons. The van der Waals surface area contributed by atoms with Gasteiger partial charge in [-0.05, 0) is 42.7 Å². The van der Waals surface area contributed by atoms with Crippen LogP contribution in [0.3, 0.4) is 0 Å². The number of rotatable bonds is 6. The lowest BCUT2D eigenvalue weighted by molar-refractivity contribution is -0.113. The first-order valence-corrected chi connectivity index (χ1v) is 7.85. The number of hydrogen-bond donors (Lipinski definition) is 2. The highest BCUT2D eigenvalue weighted by atomic mass is 32.2. The van der Waals surface area contributed by atoms with Crippen molar-refractivity contribution in [3.8, 4) is 0 Å². The summed E-state index contributed by atoms with van der Waals surface area (Å²) in [5, 5.41) is 11.7. The van der Waals surface area contributed by atoms with E-state index in [9.17, 15) is 4.79 Å². The van der Waals surface area contributed by atoms with Gasteiger partial charge in [-0.1, -0.05) is 30.3 Å². The molecule has 0 spiro atoms. The number of amides is 1. The van der Waals surface area contributed by atoms with Gasteiger partial charge in [-0.2, -0.15) is 0 Å². The van der Waals surface area contributed by atoms with E-state index < -0.39 is 0 Å². The van der Waals surface area contributed by atoms with Gasteiger partial charge in [0, 0.05) is 17.2 Å². The molecule has 0 aliphatic rings. The molecule has 2 rings (SSSR count). The van der Waals surface area contributed by atoms with E-state index in [1.807, 2.05) is 55.5 Å². The molecule has 0 aliphatic heterocycles. The molecule has 0 saturated carbocycles. The molecule has 0 aliphatic carbocycles. The zero-order valence-corrected chi connectivity index (χ0v) is 12.8. The molecular weight excluding hydrogens is 282 g/mol. The topological polar surface area (TPSA) is 49.3 Å². The molecule has 2 aromatic carbocycles. The highest BCUT2D eigenvalue weighted by Gasteiger charge is 2.05. The molecule has 0 bridgehead atoms. The molecule has 0 aromatic heterocycles. The summed E-state index contributed by atoms with van der Waals surface area (Å²) < 4.78 is 0. The predicted molar refractivity (Wildman–Crippen MR) is 87.8 cm³/mol. The van der Waals surface area contributed by atoms with Gasteiger partial charge < -0.3 is 10.4 Å². The number of aliphatic hydroxyl groups is 1. The average molecular weight is 301 g/mol. The zero-order valence-electron chi connectivity index (χ0n) is 12.0. The third-order valence-corrected chi connectivity index (χ3v) is 4.27. The van der Waals surface area contributed by atoms with Crippen molar-refractivity contribution in [2.75, 3.05) is 17.7 Å². The molecule has 1 amide bonds. The van der Waals surface area contributed by atoms with Gasteiger partial charge in [0.1, 0.15) is 0 Å².